The molecule has 32 heavy (non-hydrogen) atoms. The third-order valence-corrected chi connectivity index (χ3v) is 5.27. The van der Waals surface area contributed by atoms with Crippen molar-refractivity contribution in [2.24, 2.45) is 0 Å². The van der Waals surface area contributed by atoms with Crippen molar-refractivity contribution in [3.05, 3.63) is 89.7 Å². The van der Waals surface area contributed by atoms with E-state index in [1.807, 2.05) is 127 Å². The third-order valence-electron chi connectivity index (χ3n) is 4.93. The number of hydrogen-bond donors (Lipinski definition) is 0. The van der Waals surface area contributed by atoms with E-state index in [1.54, 1.807) is 0 Å². The fourth-order valence-corrected chi connectivity index (χ4v) is 3.33. The van der Waals surface area contributed by atoms with E-state index in [4.69, 9.17) is 16.6 Å². The Morgan fingerprint density at radius 3 is 1.78 bits per heavy atom. The fourth-order valence-electron chi connectivity index (χ4n) is 3.11. The number of halogens is 1. The molecule has 162 valence electrons. The van der Waals surface area contributed by atoms with Crippen LogP contribution in [0.2, 0.25) is 5.02 Å². The van der Waals surface area contributed by atoms with Crippen molar-refractivity contribution in [3.63, 3.8) is 0 Å². The Balaban J connectivity index is 1.82. The summed E-state index contributed by atoms with van der Waals surface area (Å²) >= 11 is 6.76. The predicted molar refractivity (Wildman–Crippen MR) is 128 cm³/mol. The van der Waals surface area contributed by atoms with Crippen LogP contribution in [0.1, 0.15) is 0 Å². The molecule has 1 aromatic carbocycles. The van der Waals surface area contributed by atoms with E-state index >= 15 is 0 Å². The predicted octanol–water partition coefficient (Wildman–Crippen LogP) is 4.15. The van der Waals surface area contributed by atoms with Gasteiger partial charge in [-0.15, -0.1) is 0 Å². The molecule has 3 aromatic heterocycles. The number of aromatic nitrogens is 4. The fraction of sp³-hybridized carbons (Fsp3) is 0.167. The molecule has 8 heteroatoms. The summed E-state index contributed by atoms with van der Waals surface area (Å²) < 4.78 is 3.73. The summed E-state index contributed by atoms with van der Waals surface area (Å²) in [6.07, 6.45) is 7.71. The van der Waals surface area contributed by atoms with Crippen LogP contribution in [0, 0.1) is 0 Å². The molecule has 3 heterocycles. The molecule has 0 bridgehead atoms. The van der Waals surface area contributed by atoms with Crippen LogP contribution in [0.5, 0.6) is 0 Å². The van der Waals surface area contributed by atoms with Gasteiger partial charge in [0.25, 0.3) is 0 Å². The summed E-state index contributed by atoms with van der Waals surface area (Å²) in [7, 11) is 8.00. The molecule has 0 fully saturated rings. The number of para-hydroxylation sites is 1. The van der Waals surface area contributed by atoms with Crippen molar-refractivity contribution in [2.45, 2.75) is 0 Å². The largest absolute Gasteiger partial charge is 0.435 e. The summed E-state index contributed by atoms with van der Waals surface area (Å²) in [6, 6.07) is 17.7. The minimum atomic E-state index is 0.380. The first-order chi connectivity index (χ1) is 15.4. The lowest BCUT2D eigenvalue weighted by atomic mass is 10.3. The van der Waals surface area contributed by atoms with Gasteiger partial charge < -0.3 is 20.1 Å². The van der Waals surface area contributed by atoms with E-state index in [0.717, 1.165) is 17.1 Å². The van der Waals surface area contributed by atoms with Gasteiger partial charge in [0, 0.05) is 51.7 Å². The van der Waals surface area contributed by atoms with Crippen LogP contribution in [-0.2, 0) is 0 Å². The van der Waals surface area contributed by atoms with Gasteiger partial charge in [-0.25, -0.2) is 9.13 Å². The number of hydrogen-bond acceptors (Lipinski definition) is 4. The molecule has 0 aliphatic heterocycles. The molecule has 0 unspecified atom stereocenters. The monoisotopic (exact) mass is 446 g/mol. The first kappa shape index (κ1) is 21.5. The van der Waals surface area contributed by atoms with Crippen molar-refractivity contribution in [3.8, 4) is 11.8 Å². The van der Waals surface area contributed by atoms with Crippen LogP contribution in [0.25, 0.3) is 17.1 Å². The first-order valence-corrected chi connectivity index (χ1v) is 10.5. The van der Waals surface area contributed by atoms with Crippen molar-refractivity contribution in [2.75, 3.05) is 38.0 Å². The van der Waals surface area contributed by atoms with Crippen LogP contribution < -0.4 is 18.9 Å². The van der Waals surface area contributed by atoms with Crippen LogP contribution >= 0.6 is 11.6 Å². The molecule has 0 aliphatic rings. The van der Waals surface area contributed by atoms with E-state index < -0.39 is 0 Å². The lowest BCUT2D eigenvalue weighted by Crippen LogP contribution is -2.37. The highest BCUT2D eigenvalue weighted by molar-refractivity contribution is 6.34. The van der Waals surface area contributed by atoms with Gasteiger partial charge in [-0.3, -0.25) is 0 Å². The maximum Gasteiger partial charge on any atom is 0.350 e. The molecule has 0 spiro atoms. The van der Waals surface area contributed by atoms with Crippen LogP contribution in [0.4, 0.5) is 22.9 Å². The standard InChI is InChI=1S/C24H25ClN7/c1-29(2)19-10-14-31(15-11-19)23-21(25)22(26-18-8-6-5-7-9-18)27-24(28-23)32-16-12-20(13-17-32)30(3)4/h5-17H,1-4H3/q+1. The van der Waals surface area contributed by atoms with E-state index in [9.17, 15) is 0 Å². The lowest BCUT2D eigenvalue weighted by Gasteiger charge is -2.18. The zero-order valence-corrected chi connectivity index (χ0v) is 19.3. The van der Waals surface area contributed by atoms with Crippen molar-refractivity contribution >= 4 is 34.5 Å². The molecular formula is C24H25ClN7+. The van der Waals surface area contributed by atoms with Gasteiger partial charge in [0.05, 0.1) is 24.8 Å². The number of anilines is 2. The topological polar surface area (TPSA) is 54.1 Å². The number of benzene rings is 1. The van der Waals surface area contributed by atoms with Gasteiger partial charge in [-0.1, -0.05) is 41.9 Å². The summed E-state index contributed by atoms with van der Waals surface area (Å²) in [6.45, 7) is 0. The maximum atomic E-state index is 6.76. The zero-order chi connectivity index (χ0) is 22.7. The van der Waals surface area contributed by atoms with E-state index in [0.29, 0.717) is 22.6 Å². The first-order valence-electron chi connectivity index (χ1n) is 10.1. The van der Waals surface area contributed by atoms with Gasteiger partial charge in [0.15, 0.2) is 0 Å². The van der Waals surface area contributed by atoms with Gasteiger partial charge in [-0.05, 0) is 28.6 Å². The maximum absolute atomic E-state index is 6.76. The number of rotatable bonds is 6. The van der Waals surface area contributed by atoms with Gasteiger partial charge in [0.2, 0.25) is 0 Å². The smallest absolute Gasteiger partial charge is 0.350 e. The Labute approximate surface area is 193 Å². The number of nitrogens with zero attached hydrogens (tertiary/aromatic N) is 7. The minimum Gasteiger partial charge on any atom is -0.435 e. The molecule has 4 aromatic rings. The summed E-state index contributed by atoms with van der Waals surface area (Å²) in [5.41, 5.74) is 2.93. The lowest BCUT2D eigenvalue weighted by molar-refractivity contribution is -0.614. The highest BCUT2D eigenvalue weighted by Gasteiger charge is 2.19. The second-order valence-corrected chi connectivity index (χ2v) is 8.03. The molecular weight excluding hydrogens is 422 g/mol. The summed E-state index contributed by atoms with van der Waals surface area (Å²) in [5.74, 6) is 1.45. The van der Waals surface area contributed by atoms with Crippen LogP contribution in [-0.4, -0.2) is 38.2 Å². The van der Waals surface area contributed by atoms with E-state index in [2.05, 4.69) is 10.3 Å². The molecule has 0 aliphatic carbocycles. The molecule has 0 atom stereocenters. The Morgan fingerprint density at radius 1 is 0.719 bits per heavy atom. The van der Waals surface area contributed by atoms with Crippen molar-refractivity contribution < 1.29 is 9.13 Å². The molecule has 0 radical (unpaired) electrons. The molecule has 0 saturated carbocycles. The van der Waals surface area contributed by atoms with Crippen LogP contribution in [0.15, 0.2) is 79.4 Å². The average molecular weight is 447 g/mol. The van der Waals surface area contributed by atoms with Gasteiger partial charge in [-0.2, -0.15) is 0 Å². The second-order valence-electron chi connectivity index (χ2n) is 7.65. The Hall–Kier alpha value is -3.71. The van der Waals surface area contributed by atoms with E-state index in [-0.39, 0.29) is 0 Å². The van der Waals surface area contributed by atoms with Gasteiger partial charge in [0.1, 0.15) is 5.02 Å². The molecule has 4 rings (SSSR count). The molecule has 0 saturated heterocycles. The molecule has 0 N–H and O–H groups in total. The van der Waals surface area contributed by atoms with Crippen molar-refractivity contribution in [1.82, 2.24) is 9.97 Å². The zero-order valence-electron chi connectivity index (χ0n) is 18.5. The molecule has 7 nitrogen and oxygen atoms in total. The highest BCUT2D eigenvalue weighted by Crippen LogP contribution is 2.35. The van der Waals surface area contributed by atoms with E-state index in [1.165, 1.54) is 0 Å². The third kappa shape index (κ3) is 4.63. The highest BCUT2D eigenvalue weighted by atomic mass is 35.5. The normalized spacial score (nSPS) is 10.7. The summed E-state index contributed by atoms with van der Waals surface area (Å²) in [4.78, 5) is 13.5. The average Bonchev–Trinajstić information content (AvgIpc) is 2.81. The number of pyridine rings is 2. The molecule has 0 amide bonds. The quantitative estimate of drug-likeness (QED) is 0.417. The second kappa shape index (κ2) is 9.20. The SMILES string of the molecule is CN(C)c1cc[n+](-c2nc([N-]c3ccccc3)c(Cl)c(-[n+]3ccc(N(C)C)cc3)n2)cc1. The minimum absolute atomic E-state index is 0.380. The Morgan fingerprint density at radius 2 is 1.25 bits per heavy atom. The Bertz CT molecular complexity index is 1190. The van der Waals surface area contributed by atoms with Crippen molar-refractivity contribution in [1.29, 1.82) is 0 Å². The Kier molecular flexibility index (Phi) is 6.18. The van der Waals surface area contributed by atoms with Crippen LogP contribution in [0.3, 0.4) is 0 Å². The van der Waals surface area contributed by atoms with Gasteiger partial charge >= 0.3 is 11.8 Å². The summed E-state index contributed by atoms with van der Waals surface area (Å²) in [5, 5.41) is 5.06.